The highest BCUT2D eigenvalue weighted by atomic mass is 32.1. The molecule has 0 amide bonds. The van der Waals surface area contributed by atoms with E-state index in [1.54, 1.807) is 0 Å². The zero-order chi connectivity index (χ0) is 13.9. The Morgan fingerprint density at radius 1 is 1.37 bits per heavy atom. The maximum Gasteiger partial charge on any atom is 0.401 e. The standard InChI is InChI=1S/C11H17F3N4S/c1-8-16-10(19-17-8)15-6-9-2-4-18(5-3-9)7-11(12,13)14/h9H,2-7H2,1H3,(H,15,16,17). The van der Waals surface area contributed by atoms with Gasteiger partial charge in [-0.25, -0.2) is 4.98 Å². The highest BCUT2D eigenvalue weighted by Gasteiger charge is 2.32. The molecular formula is C11H17F3N4S. The van der Waals surface area contributed by atoms with Crippen molar-refractivity contribution < 1.29 is 13.2 Å². The molecule has 0 aromatic carbocycles. The number of halogens is 3. The van der Waals surface area contributed by atoms with Gasteiger partial charge in [0, 0.05) is 18.1 Å². The summed E-state index contributed by atoms with van der Waals surface area (Å²) in [6.45, 7) is 2.83. The molecule has 0 atom stereocenters. The van der Waals surface area contributed by atoms with E-state index in [9.17, 15) is 13.2 Å². The van der Waals surface area contributed by atoms with Crippen molar-refractivity contribution in [1.82, 2.24) is 14.3 Å². The van der Waals surface area contributed by atoms with Crippen molar-refractivity contribution in [2.45, 2.75) is 25.9 Å². The van der Waals surface area contributed by atoms with Crippen LogP contribution in [0.4, 0.5) is 18.3 Å². The van der Waals surface area contributed by atoms with Gasteiger partial charge in [0.05, 0.1) is 6.54 Å². The van der Waals surface area contributed by atoms with Crippen LogP contribution in [0.5, 0.6) is 0 Å². The first kappa shape index (κ1) is 14.5. The number of aryl methyl sites for hydroxylation is 1. The first-order valence-corrected chi connectivity index (χ1v) is 7.03. The van der Waals surface area contributed by atoms with E-state index in [1.807, 2.05) is 6.92 Å². The summed E-state index contributed by atoms with van der Waals surface area (Å²) in [6.07, 6.45) is -2.50. The molecule has 0 spiro atoms. The van der Waals surface area contributed by atoms with E-state index in [0.29, 0.717) is 19.0 Å². The zero-order valence-corrected chi connectivity index (χ0v) is 11.5. The zero-order valence-electron chi connectivity index (χ0n) is 10.7. The molecule has 2 rings (SSSR count). The van der Waals surface area contributed by atoms with Gasteiger partial charge in [-0.05, 0) is 38.8 Å². The van der Waals surface area contributed by atoms with Crippen molar-refractivity contribution in [2.75, 3.05) is 31.5 Å². The Morgan fingerprint density at radius 3 is 2.58 bits per heavy atom. The van der Waals surface area contributed by atoms with Crippen LogP contribution < -0.4 is 5.32 Å². The molecule has 0 radical (unpaired) electrons. The molecule has 8 heteroatoms. The molecule has 1 N–H and O–H groups in total. The molecule has 0 saturated carbocycles. The Kier molecular flexibility index (Phi) is 4.62. The number of anilines is 1. The fourth-order valence-corrected chi connectivity index (χ4v) is 2.78. The molecule has 2 heterocycles. The largest absolute Gasteiger partial charge is 0.401 e. The number of nitrogens with one attached hydrogen (secondary N) is 1. The smallest absolute Gasteiger partial charge is 0.360 e. The molecule has 4 nitrogen and oxygen atoms in total. The van der Waals surface area contributed by atoms with Gasteiger partial charge in [-0.3, -0.25) is 4.90 Å². The third-order valence-electron chi connectivity index (χ3n) is 3.18. The molecule has 1 fully saturated rings. The molecular weight excluding hydrogens is 277 g/mol. The van der Waals surface area contributed by atoms with Crippen molar-refractivity contribution in [1.29, 1.82) is 0 Å². The summed E-state index contributed by atoms with van der Waals surface area (Å²) < 4.78 is 40.8. The van der Waals surface area contributed by atoms with Gasteiger partial charge in [-0.2, -0.15) is 17.5 Å². The fraction of sp³-hybridized carbons (Fsp3) is 0.818. The Balaban J connectivity index is 1.69. The average molecular weight is 294 g/mol. The predicted molar refractivity (Wildman–Crippen MR) is 68.4 cm³/mol. The van der Waals surface area contributed by atoms with Crippen LogP contribution in [0.3, 0.4) is 0 Å². The Labute approximate surface area is 114 Å². The third kappa shape index (κ3) is 4.94. The topological polar surface area (TPSA) is 41.1 Å². The van der Waals surface area contributed by atoms with Crippen LogP contribution in [-0.2, 0) is 0 Å². The van der Waals surface area contributed by atoms with E-state index >= 15 is 0 Å². The number of piperidine rings is 1. The Morgan fingerprint density at radius 2 is 2.05 bits per heavy atom. The lowest BCUT2D eigenvalue weighted by Gasteiger charge is -2.32. The lowest BCUT2D eigenvalue weighted by atomic mass is 9.97. The number of nitrogens with zero attached hydrogens (tertiary/aromatic N) is 3. The van der Waals surface area contributed by atoms with Gasteiger partial charge < -0.3 is 5.32 Å². The van der Waals surface area contributed by atoms with E-state index < -0.39 is 12.7 Å². The number of alkyl halides is 3. The second kappa shape index (κ2) is 6.04. The molecule has 1 aromatic rings. The van der Waals surface area contributed by atoms with Gasteiger partial charge >= 0.3 is 6.18 Å². The van der Waals surface area contributed by atoms with Gasteiger partial charge in [0.15, 0.2) is 0 Å². The van der Waals surface area contributed by atoms with Gasteiger partial charge in [-0.15, -0.1) is 0 Å². The molecule has 0 unspecified atom stereocenters. The van der Waals surface area contributed by atoms with Gasteiger partial charge in [0.25, 0.3) is 0 Å². The monoisotopic (exact) mass is 294 g/mol. The maximum atomic E-state index is 12.2. The SMILES string of the molecule is Cc1nsc(NCC2CCN(CC(F)(F)F)CC2)n1. The minimum absolute atomic E-state index is 0.411. The lowest BCUT2D eigenvalue weighted by Crippen LogP contribution is -2.41. The number of hydrogen-bond acceptors (Lipinski definition) is 5. The molecule has 0 aliphatic carbocycles. The first-order chi connectivity index (χ1) is 8.92. The minimum atomic E-state index is -4.09. The van der Waals surface area contributed by atoms with Crippen LogP contribution in [0.2, 0.25) is 0 Å². The summed E-state index contributed by atoms with van der Waals surface area (Å²) in [7, 11) is 0. The third-order valence-corrected chi connectivity index (χ3v) is 3.94. The summed E-state index contributed by atoms with van der Waals surface area (Å²) in [5.41, 5.74) is 0. The summed E-state index contributed by atoms with van der Waals surface area (Å²) in [4.78, 5) is 5.67. The van der Waals surface area contributed by atoms with E-state index in [0.717, 1.165) is 30.3 Å². The first-order valence-electron chi connectivity index (χ1n) is 6.26. The van der Waals surface area contributed by atoms with Crippen molar-refractivity contribution >= 4 is 16.7 Å². The average Bonchev–Trinajstić information content (AvgIpc) is 2.72. The van der Waals surface area contributed by atoms with Crippen molar-refractivity contribution in [3.8, 4) is 0 Å². The quantitative estimate of drug-likeness (QED) is 0.926. The minimum Gasteiger partial charge on any atom is -0.360 e. The van der Waals surface area contributed by atoms with Crippen molar-refractivity contribution in [3.63, 3.8) is 0 Å². The fourth-order valence-electron chi connectivity index (χ4n) is 2.20. The number of likely N-dealkylation sites (tertiary alicyclic amines) is 1. The number of aromatic nitrogens is 2. The maximum absolute atomic E-state index is 12.2. The Hall–Kier alpha value is -0.890. The summed E-state index contributed by atoms with van der Waals surface area (Å²) in [5.74, 6) is 1.15. The molecule has 108 valence electrons. The summed E-state index contributed by atoms with van der Waals surface area (Å²) >= 11 is 1.32. The lowest BCUT2D eigenvalue weighted by molar-refractivity contribution is -0.148. The van der Waals surface area contributed by atoms with E-state index in [-0.39, 0.29) is 0 Å². The number of rotatable bonds is 4. The molecule has 1 aliphatic rings. The molecule has 1 aliphatic heterocycles. The van der Waals surface area contributed by atoms with Crippen LogP contribution in [0.15, 0.2) is 0 Å². The second-order valence-electron chi connectivity index (χ2n) is 4.86. The molecule has 0 bridgehead atoms. The van der Waals surface area contributed by atoms with Crippen LogP contribution in [0.1, 0.15) is 18.7 Å². The molecule has 1 aromatic heterocycles. The normalized spacial score (nSPS) is 18.7. The van der Waals surface area contributed by atoms with Gasteiger partial charge in [-0.1, -0.05) is 0 Å². The van der Waals surface area contributed by atoms with E-state index in [1.165, 1.54) is 16.4 Å². The van der Waals surface area contributed by atoms with Crippen LogP contribution in [0.25, 0.3) is 0 Å². The summed E-state index contributed by atoms with van der Waals surface area (Å²) in [6, 6.07) is 0. The predicted octanol–water partition coefficient (Wildman–Crippen LogP) is 2.53. The summed E-state index contributed by atoms with van der Waals surface area (Å²) in [5, 5.41) is 3.99. The van der Waals surface area contributed by atoms with Gasteiger partial charge in [0.2, 0.25) is 5.13 Å². The van der Waals surface area contributed by atoms with E-state index in [2.05, 4.69) is 14.7 Å². The Bertz CT molecular complexity index is 399. The van der Waals surface area contributed by atoms with Crippen LogP contribution in [0, 0.1) is 12.8 Å². The highest BCUT2D eigenvalue weighted by Crippen LogP contribution is 2.23. The van der Waals surface area contributed by atoms with Crippen LogP contribution >= 0.6 is 11.5 Å². The van der Waals surface area contributed by atoms with Crippen LogP contribution in [-0.4, -0.2) is 46.6 Å². The molecule has 19 heavy (non-hydrogen) atoms. The van der Waals surface area contributed by atoms with E-state index in [4.69, 9.17) is 0 Å². The highest BCUT2D eigenvalue weighted by molar-refractivity contribution is 7.09. The molecule has 1 saturated heterocycles. The van der Waals surface area contributed by atoms with Crippen molar-refractivity contribution in [2.24, 2.45) is 5.92 Å². The van der Waals surface area contributed by atoms with Gasteiger partial charge in [0.1, 0.15) is 5.82 Å². The number of hydrogen-bond donors (Lipinski definition) is 1. The van der Waals surface area contributed by atoms with Crippen molar-refractivity contribution in [3.05, 3.63) is 5.82 Å². The second-order valence-corrected chi connectivity index (χ2v) is 5.61.